The largest absolute Gasteiger partial charge is 0.469 e. The minimum atomic E-state index is -0.378. The molecule has 0 bridgehead atoms. The van der Waals surface area contributed by atoms with Crippen LogP contribution >= 0.6 is 0 Å². The van der Waals surface area contributed by atoms with Gasteiger partial charge in [-0.05, 0) is 30.0 Å². The van der Waals surface area contributed by atoms with Crippen molar-refractivity contribution in [1.82, 2.24) is 5.32 Å². The van der Waals surface area contributed by atoms with E-state index in [4.69, 9.17) is 0 Å². The molecule has 1 aliphatic carbocycles. The molecule has 0 aromatic heterocycles. The van der Waals surface area contributed by atoms with Gasteiger partial charge in [-0.25, -0.2) is 0 Å². The van der Waals surface area contributed by atoms with E-state index in [9.17, 15) is 14.4 Å². The van der Waals surface area contributed by atoms with Crippen LogP contribution in [0, 0.1) is 0 Å². The Morgan fingerprint density at radius 3 is 2.61 bits per heavy atom. The van der Waals surface area contributed by atoms with E-state index in [-0.39, 0.29) is 42.5 Å². The van der Waals surface area contributed by atoms with Gasteiger partial charge in [-0.2, -0.15) is 0 Å². The van der Waals surface area contributed by atoms with Gasteiger partial charge in [0.1, 0.15) is 0 Å². The minimum Gasteiger partial charge on any atom is -0.469 e. The standard InChI is InChI=1S/C18H23NO4/c1-4-14-15-6-5-12(17(21)7-8-18(22)23-3)9-13(15)10-16(14)19-11(2)20/h5-6,9,14,16H,4,7-8,10H2,1-3H3,(H,19,20). The number of hydrogen-bond donors (Lipinski definition) is 1. The second kappa shape index (κ2) is 7.40. The number of carbonyl (C=O) groups is 3. The molecule has 1 aromatic carbocycles. The number of carbonyl (C=O) groups excluding carboxylic acids is 3. The summed E-state index contributed by atoms with van der Waals surface area (Å²) in [5.74, 6) is -0.186. The lowest BCUT2D eigenvalue weighted by atomic mass is 9.94. The van der Waals surface area contributed by atoms with Gasteiger partial charge in [-0.15, -0.1) is 0 Å². The van der Waals surface area contributed by atoms with Crippen LogP contribution in [0.2, 0.25) is 0 Å². The van der Waals surface area contributed by atoms with Crippen molar-refractivity contribution in [3.05, 3.63) is 34.9 Å². The number of fused-ring (bicyclic) bond motifs is 1. The third kappa shape index (κ3) is 3.97. The highest BCUT2D eigenvalue weighted by atomic mass is 16.5. The van der Waals surface area contributed by atoms with Crippen LogP contribution in [-0.4, -0.2) is 30.8 Å². The van der Waals surface area contributed by atoms with Gasteiger partial charge in [0.15, 0.2) is 5.78 Å². The van der Waals surface area contributed by atoms with E-state index in [1.54, 1.807) is 0 Å². The van der Waals surface area contributed by atoms with Crippen LogP contribution in [0.1, 0.15) is 60.5 Å². The summed E-state index contributed by atoms with van der Waals surface area (Å²) in [6, 6.07) is 5.79. The summed E-state index contributed by atoms with van der Waals surface area (Å²) in [6.07, 6.45) is 1.93. The summed E-state index contributed by atoms with van der Waals surface area (Å²) in [6.45, 7) is 3.63. The molecule has 0 saturated carbocycles. The summed E-state index contributed by atoms with van der Waals surface area (Å²) >= 11 is 0. The Balaban J connectivity index is 2.13. The highest BCUT2D eigenvalue weighted by Gasteiger charge is 2.32. The number of benzene rings is 1. The molecule has 23 heavy (non-hydrogen) atoms. The second-order valence-electron chi connectivity index (χ2n) is 5.94. The molecule has 1 amide bonds. The highest BCUT2D eigenvalue weighted by molar-refractivity contribution is 5.97. The summed E-state index contributed by atoms with van der Waals surface area (Å²) in [7, 11) is 1.31. The third-order valence-electron chi connectivity index (χ3n) is 4.40. The predicted octanol–water partition coefficient (Wildman–Crippen LogP) is 2.38. The fourth-order valence-electron chi connectivity index (χ4n) is 3.29. The van der Waals surface area contributed by atoms with Crippen LogP contribution in [0.25, 0.3) is 0 Å². The quantitative estimate of drug-likeness (QED) is 0.646. The van der Waals surface area contributed by atoms with Crippen LogP contribution in [0.4, 0.5) is 0 Å². The Kier molecular flexibility index (Phi) is 5.53. The SMILES string of the molecule is CCC1c2ccc(C(=O)CCC(=O)OC)cc2CC1NC(C)=O. The molecule has 0 saturated heterocycles. The van der Waals surface area contributed by atoms with E-state index in [2.05, 4.69) is 17.0 Å². The lowest BCUT2D eigenvalue weighted by Crippen LogP contribution is -2.36. The fourth-order valence-corrected chi connectivity index (χ4v) is 3.29. The van der Waals surface area contributed by atoms with Gasteiger partial charge < -0.3 is 10.1 Å². The summed E-state index contributed by atoms with van der Waals surface area (Å²) in [4.78, 5) is 34.7. The summed E-state index contributed by atoms with van der Waals surface area (Å²) < 4.78 is 4.56. The maximum Gasteiger partial charge on any atom is 0.305 e. The van der Waals surface area contributed by atoms with Gasteiger partial charge >= 0.3 is 5.97 Å². The Morgan fingerprint density at radius 1 is 1.26 bits per heavy atom. The highest BCUT2D eigenvalue weighted by Crippen LogP contribution is 2.36. The van der Waals surface area contributed by atoms with Crippen molar-refractivity contribution in [3.63, 3.8) is 0 Å². The molecule has 0 radical (unpaired) electrons. The number of rotatable bonds is 6. The molecule has 2 rings (SSSR count). The van der Waals surface area contributed by atoms with E-state index in [1.807, 2.05) is 18.2 Å². The molecule has 0 fully saturated rings. The average molecular weight is 317 g/mol. The van der Waals surface area contributed by atoms with E-state index in [1.165, 1.54) is 19.6 Å². The normalized spacial score (nSPS) is 19.1. The van der Waals surface area contributed by atoms with Crippen molar-refractivity contribution >= 4 is 17.7 Å². The van der Waals surface area contributed by atoms with Crippen LogP contribution in [0.5, 0.6) is 0 Å². The molecule has 2 atom stereocenters. The van der Waals surface area contributed by atoms with Crippen molar-refractivity contribution < 1.29 is 19.1 Å². The number of Topliss-reactive ketones (excluding diaryl/α,β-unsaturated/α-hetero) is 1. The van der Waals surface area contributed by atoms with Gasteiger partial charge in [-0.3, -0.25) is 14.4 Å². The molecule has 5 nitrogen and oxygen atoms in total. The van der Waals surface area contributed by atoms with E-state index in [0.29, 0.717) is 5.56 Å². The number of amides is 1. The fraction of sp³-hybridized carbons (Fsp3) is 0.500. The van der Waals surface area contributed by atoms with Crippen LogP contribution < -0.4 is 5.32 Å². The number of hydrogen-bond acceptors (Lipinski definition) is 4. The molecule has 0 spiro atoms. The van der Waals surface area contributed by atoms with Crippen molar-refractivity contribution in [2.45, 2.75) is 51.5 Å². The smallest absolute Gasteiger partial charge is 0.305 e. The van der Waals surface area contributed by atoms with Crippen molar-refractivity contribution in [2.75, 3.05) is 7.11 Å². The number of nitrogens with one attached hydrogen (secondary N) is 1. The van der Waals surface area contributed by atoms with Gasteiger partial charge in [0.2, 0.25) is 5.91 Å². The number of esters is 1. The summed E-state index contributed by atoms with van der Waals surface area (Å²) in [5, 5.41) is 3.00. The van der Waals surface area contributed by atoms with E-state index >= 15 is 0 Å². The zero-order chi connectivity index (χ0) is 17.0. The Morgan fingerprint density at radius 2 is 2.00 bits per heavy atom. The Hall–Kier alpha value is -2.17. The van der Waals surface area contributed by atoms with Crippen molar-refractivity contribution in [2.24, 2.45) is 0 Å². The predicted molar refractivity (Wildman–Crippen MR) is 86.4 cm³/mol. The van der Waals surface area contributed by atoms with Crippen LogP contribution in [0.3, 0.4) is 0 Å². The van der Waals surface area contributed by atoms with Crippen molar-refractivity contribution in [1.29, 1.82) is 0 Å². The van der Waals surface area contributed by atoms with Gasteiger partial charge in [0, 0.05) is 30.9 Å². The summed E-state index contributed by atoms with van der Waals surface area (Å²) in [5.41, 5.74) is 2.93. The molecule has 0 aliphatic heterocycles. The van der Waals surface area contributed by atoms with Gasteiger partial charge in [0.25, 0.3) is 0 Å². The molecule has 124 valence electrons. The number of methoxy groups -OCH3 is 1. The van der Waals surface area contributed by atoms with E-state index in [0.717, 1.165) is 18.4 Å². The zero-order valence-electron chi connectivity index (χ0n) is 13.8. The van der Waals surface area contributed by atoms with Crippen LogP contribution in [0.15, 0.2) is 18.2 Å². The Labute approximate surface area is 136 Å². The first kappa shape index (κ1) is 17.2. The molecular weight excluding hydrogens is 294 g/mol. The van der Waals surface area contributed by atoms with Crippen LogP contribution in [-0.2, 0) is 20.7 Å². The maximum absolute atomic E-state index is 12.2. The zero-order valence-corrected chi connectivity index (χ0v) is 13.8. The number of ketones is 1. The number of ether oxygens (including phenoxy) is 1. The first-order chi connectivity index (χ1) is 11.0. The van der Waals surface area contributed by atoms with Gasteiger partial charge in [0.05, 0.1) is 13.5 Å². The molecule has 1 N–H and O–H groups in total. The first-order valence-corrected chi connectivity index (χ1v) is 7.96. The third-order valence-corrected chi connectivity index (χ3v) is 4.40. The maximum atomic E-state index is 12.2. The molecular formula is C18H23NO4. The molecule has 1 aromatic rings. The topological polar surface area (TPSA) is 72.5 Å². The second-order valence-corrected chi connectivity index (χ2v) is 5.94. The van der Waals surface area contributed by atoms with Gasteiger partial charge in [-0.1, -0.05) is 19.1 Å². The monoisotopic (exact) mass is 317 g/mol. The minimum absolute atomic E-state index is 0.0318. The molecule has 1 aliphatic rings. The average Bonchev–Trinajstić information content (AvgIpc) is 2.87. The lowest BCUT2D eigenvalue weighted by molar-refractivity contribution is -0.140. The molecule has 5 heteroatoms. The first-order valence-electron chi connectivity index (χ1n) is 7.96. The molecule has 2 unspecified atom stereocenters. The Bertz CT molecular complexity index is 623. The van der Waals surface area contributed by atoms with E-state index < -0.39 is 0 Å². The lowest BCUT2D eigenvalue weighted by Gasteiger charge is -2.19. The van der Waals surface area contributed by atoms with Crippen molar-refractivity contribution in [3.8, 4) is 0 Å². The molecule has 0 heterocycles.